The minimum Gasteiger partial charge on any atom is -0.487 e. The average Bonchev–Trinajstić information content (AvgIpc) is 3.12. The number of nitro groups is 1. The summed E-state index contributed by atoms with van der Waals surface area (Å²) >= 11 is 0. The molecular formula is C19H19N3O7. The largest absolute Gasteiger partial charge is 0.487 e. The molecule has 3 rings (SSSR count). The van der Waals surface area contributed by atoms with E-state index in [0.717, 1.165) is 0 Å². The molecule has 0 spiro atoms. The number of rotatable bonds is 7. The number of furan rings is 1. The lowest BCUT2D eigenvalue weighted by Crippen LogP contribution is -2.47. The number of esters is 1. The number of urea groups is 1. The molecule has 29 heavy (non-hydrogen) atoms. The predicted octanol–water partition coefficient (Wildman–Crippen LogP) is 2.75. The van der Waals surface area contributed by atoms with Gasteiger partial charge in [0.1, 0.15) is 29.9 Å². The molecule has 1 atom stereocenters. The topological polar surface area (TPSA) is 133 Å². The number of non-ortho nitro benzene ring substituents is 1. The van der Waals surface area contributed by atoms with Crippen LogP contribution in [0.5, 0.6) is 5.75 Å². The van der Waals surface area contributed by atoms with Crippen LogP contribution in [0.15, 0.2) is 52.1 Å². The second kappa shape index (κ2) is 8.46. The number of nitrogens with one attached hydrogen (secondary N) is 2. The van der Waals surface area contributed by atoms with Crippen LogP contribution in [0.4, 0.5) is 10.5 Å². The molecule has 0 aliphatic carbocycles. The van der Waals surface area contributed by atoms with Crippen molar-refractivity contribution in [2.75, 3.05) is 13.2 Å². The van der Waals surface area contributed by atoms with Crippen molar-refractivity contribution in [3.63, 3.8) is 0 Å². The van der Waals surface area contributed by atoms with Crippen LogP contribution in [-0.2, 0) is 9.53 Å². The first-order valence-corrected chi connectivity index (χ1v) is 8.80. The summed E-state index contributed by atoms with van der Waals surface area (Å²) in [5, 5.41) is 16.1. The lowest BCUT2D eigenvalue weighted by atomic mass is 10.0. The highest BCUT2D eigenvalue weighted by Crippen LogP contribution is 2.29. The molecule has 152 valence electrons. The second-order valence-corrected chi connectivity index (χ2v) is 6.14. The van der Waals surface area contributed by atoms with Gasteiger partial charge in [0.15, 0.2) is 0 Å². The van der Waals surface area contributed by atoms with Crippen LogP contribution >= 0.6 is 0 Å². The number of aryl methyl sites for hydroxylation is 1. The molecule has 1 aliphatic rings. The van der Waals surface area contributed by atoms with Crippen molar-refractivity contribution in [3.05, 3.63) is 69.3 Å². The highest BCUT2D eigenvalue weighted by atomic mass is 16.6. The summed E-state index contributed by atoms with van der Waals surface area (Å²) in [7, 11) is 0. The van der Waals surface area contributed by atoms with Crippen molar-refractivity contribution in [1.29, 1.82) is 0 Å². The van der Waals surface area contributed by atoms with E-state index in [-0.39, 0.29) is 35.9 Å². The Morgan fingerprint density at radius 1 is 1.31 bits per heavy atom. The van der Waals surface area contributed by atoms with Crippen LogP contribution in [0, 0.1) is 17.0 Å². The molecule has 2 aromatic rings. The SMILES string of the molecule is CCOC(=O)C1=C(COc2cccc([N+](=O)[O-])c2)NC(=O)N[C@@H]1c1ccc(C)o1. The molecule has 0 saturated carbocycles. The lowest BCUT2D eigenvalue weighted by molar-refractivity contribution is -0.384. The summed E-state index contributed by atoms with van der Waals surface area (Å²) in [6.45, 7) is 3.34. The maximum absolute atomic E-state index is 12.6. The molecule has 2 amide bonds. The Kier molecular flexibility index (Phi) is 5.82. The van der Waals surface area contributed by atoms with Gasteiger partial charge in [-0.25, -0.2) is 9.59 Å². The predicted molar refractivity (Wildman–Crippen MR) is 100 cm³/mol. The van der Waals surface area contributed by atoms with Gasteiger partial charge >= 0.3 is 12.0 Å². The molecule has 1 aromatic heterocycles. The second-order valence-electron chi connectivity index (χ2n) is 6.14. The number of nitrogens with zero attached hydrogens (tertiary/aromatic N) is 1. The highest BCUT2D eigenvalue weighted by molar-refractivity contribution is 5.95. The first-order chi connectivity index (χ1) is 13.9. The third-order valence-electron chi connectivity index (χ3n) is 4.11. The Morgan fingerprint density at radius 3 is 2.76 bits per heavy atom. The number of nitro benzene ring substituents is 1. The normalized spacial score (nSPS) is 16.1. The smallest absolute Gasteiger partial charge is 0.338 e. The zero-order valence-corrected chi connectivity index (χ0v) is 15.8. The Labute approximate surface area is 165 Å². The minimum atomic E-state index is -0.861. The molecule has 2 N–H and O–H groups in total. The van der Waals surface area contributed by atoms with Gasteiger partial charge < -0.3 is 24.5 Å². The van der Waals surface area contributed by atoms with E-state index in [4.69, 9.17) is 13.9 Å². The first kappa shape index (κ1) is 19.9. The third kappa shape index (κ3) is 4.54. The van der Waals surface area contributed by atoms with E-state index in [1.807, 2.05) is 0 Å². The highest BCUT2D eigenvalue weighted by Gasteiger charge is 2.35. The fraction of sp³-hybridized carbons (Fsp3) is 0.263. The Balaban J connectivity index is 1.94. The third-order valence-corrected chi connectivity index (χ3v) is 4.11. The number of benzene rings is 1. The van der Waals surface area contributed by atoms with Crippen LogP contribution in [0.1, 0.15) is 24.5 Å². The van der Waals surface area contributed by atoms with E-state index >= 15 is 0 Å². The number of hydrogen-bond donors (Lipinski definition) is 2. The van der Waals surface area contributed by atoms with Gasteiger partial charge in [-0.15, -0.1) is 0 Å². The molecular weight excluding hydrogens is 382 g/mol. The molecule has 10 heteroatoms. The summed E-state index contributed by atoms with van der Waals surface area (Å²) < 4.78 is 16.3. The number of carbonyl (C=O) groups is 2. The van der Waals surface area contributed by atoms with Gasteiger partial charge in [-0.3, -0.25) is 10.1 Å². The standard InChI is InChI=1S/C19H19N3O7/c1-3-27-18(23)16-14(10-28-13-6-4-5-12(9-13)22(25)26)20-19(24)21-17(16)15-8-7-11(2)29-15/h4-9,17H,3,10H2,1-2H3,(H2,20,21,24)/t17-/m1/s1. The monoisotopic (exact) mass is 401 g/mol. The zero-order valence-electron chi connectivity index (χ0n) is 15.8. The molecule has 1 aliphatic heterocycles. The van der Waals surface area contributed by atoms with E-state index in [1.165, 1.54) is 24.3 Å². The summed E-state index contributed by atoms with van der Waals surface area (Å²) in [6, 6.07) is 7.56. The van der Waals surface area contributed by atoms with Gasteiger partial charge in [0.05, 0.1) is 28.9 Å². The Bertz CT molecular complexity index is 980. The molecule has 0 saturated heterocycles. The molecule has 0 unspecified atom stereocenters. The van der Waals surface area contributed by atoms with Crippen LogP contribution in [0.2, 0.25) is 0 Å². The van der Waals surface area contributed by atoms with Gasteiger partial charge in [-0.05, 0) is 32.0 Å². The van der Waals surface area contributed by atoms with E-state index in [1.54, 1.807) is 26.0 Å². The molecule has 0 radical (unpaired) electrons. The molecule has 0 bridgehead atoms. The molecule has 10 nitrogen and oxygen atoms in total. The fourth-order valence-electron chi connectivity index (χ4n) is 2.85. The van der Waals surface area contributed by atoms with Crippen LogP contribution < -0.4 is 15.4 Å². The summed E-state index contributed by atoms with van der Waals surface area (Å²) in [6.07, 6.45) is 0. The van der Waals surface area contributed by atoms with E-state index in [9.17, 15) is 19.7 Å². The Morgan fingerprint density at radius 2 is 2.10 bits per heavy atom. The van der Waals surface area contributed by atoms with Crippen molar-refractivity contribution in [2.45, 2.75) is 19.9 Å². The Hall–Kier alpha value is -3.82. The van der Waals surface area contributed by atoms with Crippen molar-refractivity contribution in [1.82, 2.24) is 10.6 Å². The van der Waals surface area contributed by atoms with E-state index in [2.05, 4.69) is 10.6 Å². The fourth-order valence-corrected chi connectivity index (χ4v) is 2.85. The van der Waals surface area contributed by atoms with Gasteiger partial charge in [0.2, 0.25) is 0 Å². The quantitative estimate of drug-likeness (QED) is 0.414. The van der Waals surface area contributed by atoms with E-state index < -0.39 is 23.0 Å². The maximum atomic E-state index is 12.6. The minimum absolute atomic E-state index is 0.131. The van der Waals surface area contributed by atoms with Crippen molar-refractivity contribution < 1.29 is 28.4 Å². The number of hydrogen-bond acceptors (Lipinski definition) is 7. The van der Waals surface area contributed by atoms with E-state index in [0.29, 0.717) is 11.5 Å². The number of amides is 2. The van der Waals surface area contributed by atoms with Gasteiger partial charge in [-0.2, -0.15) is 0 Å². The van der Waals surface area contributed by atoms with Gasteiger partial charge in [-0.1, -0.05) is 6.07 Å². The van der Waals surface area contributed by atoms with Crippen molar-refractivity contribution in [2.24, 2.45) is 0 Å². The van der Waals surface area contributed by atoms with Crippen LogP contribution in [0.3, 0.4) is 0 Å². The van der Waals surface area contributed by atoms with Crippen LogP contribution in [-0.4, -0.2) is 30.1 Å². The molecule has 2 heterocycles. The van der Waals surface area contributed by atoms with Gasteiger partial charge in [0, 0.05) is 6.07 Å². The number of carbonyl (C=O) groups excluding carboxylic acids is 2. The first-order valence-electron chi connectivity index (χ1n) is 8.80. The lowest BCUT2D eigenvalue weighted by Gasteiger charge is -2.27. The van der Waals surface area contributed by atoms with Gasteiger partial charge in [0.25, 0.3) is 5.69 Å². The van der Waals surface area contributed by atoms with Crippen molar-refractivity contribution in [3.8, 4) is 5.75 Å². The summed E-state index contributed by atoms with van der Waals surface area (Å²) in [5.74, 6) is 0.559. The average molecular weight is 401 g/mol. The molecule has 1 aromatic carbocycles. The summed E-state index contributed by atoms with van der Waals surface area (Å²) in [4.78, 5) is 35.1. The zero-order chi connectivity index (χ0) is 21.0. The van der Waals surface area contributed by atoms with Crippen molar-refractivity contribution >= 4 is 17.7 Å². The molecule has 0 fully saturated rings. The van der Waals surface area contributed by atoms with Crippen LogP contribution in [0.25, 0.3) is 0 Å². The maximum Gasteiger partial charge on any atom is 0.338 e. The number of ether oxygens (including phenoxy) is 2. The summed E-state index contributed by atoms with van der Waals surface area (Å²) in [5.41, 5.74) is 0.171.